The SMILES string of the molecule is CC(C)Oc1cc(C#N)ccc1C1=N[C@@H](c2ccc(Cl)cc2)[C@@H](c2cccc(F)c2)N1C(=O)N1CCNC(=O)C1. The molecule has 40 heavy (non-hydrogen) atoms. The number of piperazine rings is 1. The lowest BCUT2D eigenvalue weighted by atomic mass is 9.93. The van der Waals surface area contributed by atoms with E-state index in [0.717, 1.165) is 5.56 Å². The number of hydrogen-bond acceptors (Lipinski definition) is 5. The number of benzene rings is 3. The van der Waals surface area contributed by atoms with Gasteiger partial charge in [-0.1, -0.05) is 35.9 Å². The number of nitrogens with zero attached hydrogens (tertiary/aromatic N) is 4. The van der Waals surface area contributed by atoms with Crippen LogP contribution in [0.15, 0.2) is 71.7 Å². The number of amides is 3. The normalized spacial score (nSPS) is 18.8. The van der Waals surface area contributed by atoms with Crippen molar-refractivity contribution in [2.45, 2.75) is 32.0 Å². The van der Waals surface area contributed by atoms with E-state index >= 15 is 0 Å². The summed E-state index contributed by atoms with van der Waals surface area (Å²) in [6, 6.07) is 18.5. The van der Waals surface area contributed by atoms with Gasteiger partial charge in [0.2, 0.25) is 5.91 Å². The van der Waals surface area contributed by atoms with Gasteiger partial charge in [0.1, 0.15) is 30.0 Å². The lowest BCUT2D eigenvalue weighted by Gasteiger charge is -2.35. The van der Waals surface area contributed by atoms with Crippen LogP contribution in [0, 0.1) is 17.1 Å². The molecule has 2 aliphatic heterocycles. The maximum absolute atomic E-state index is 14.6. The second-order valence-electron chi connectivity index (χ2n) is 9.86. The fourth-order valence-corrected chi connectivity index (χ4v) is 5.09. The fourth-order valence-electron chi connectivity index (χ4n) is 4.97. The van der Waals surface area contributed by atoms with E-state index in [1.54, 1.807) is 42.5 Å². The molecule has 1 saturated heterocycles. The van der Waals surface area contributed by atoms with E-state index in [4.69, 9.17) is 21.3 Å². The molecule has 2 atom stereocenters. The van der Waals surface area contributed by atoms with Crippen LogP contribution in [0.4, 0.5) is 9.18 Å². The molecule has 0 radical (unpaired) electrons. The Balaban J connectivity index is 1.72. The molecule has 0 bridgehead atoms. The van der Waals surface area contributed by atoms with Crippen molar-refractivity contribution in [3.63, 3.8) is 0 Å². The van der Waals surface area contributed by atoms with E-state index in [1.807, 2.05) is 26.0 Å². The monoisotopic (exact) mass is 559 g/mol. The Bertz CT molecular complexity index is 1520. The Morgan fingerprint density at radius 2 is 1.93 bits per heavy atom. The minimum atomic E-state index is -0.744. The summed E-state index contributed by atoms with van der Waals surface area (Å²) in [5.41, 5.74) is 2.19. The van der Waals surface area contributed by atoms with Crippen molar-refractivity contribution >= 4 is 29.4 Å². The summed E-state index contributed by atoms with van der Waals surface area (Å²) < 4.78 is 20.7. The summed E-state index contributed by atoms with van der Waals surface area (Å²) in [5, 5.41) is 12.8. The summed E-state index contributed by atoms with van der Waals surface area (Å²) in [6.07, 6.45) is -0.226. The van der Waals surface area contributed by atoms with Crippen LogP contribution in [0.3, 0.4) is 0 Å². The molecule has 2 heterocycles. The zero-order chi connectivity index (χ0) is 28.4. The van der Waals surface area contributed by atoms with Crippen molar-refractivity contribution in [2.75, 3.05) is 19.6 Å². The first-order chi connectivity index (χ1) is 19.2. The molecule has 3 amide bonds. The molecule has 1 N–H and O–H groups in total. The maximum Gasteiger partial charge on any atom is 0.326 e. The quantitative estimate of drug-likeness (QED) is 0.462. The van der Waals surface area contributed by atoms with Gasteiger partial charge in [0.15, 0.2) is 0 Å². The summed E-state index contributed by atoms with van der Waals surface area (Å²) in [6.45, 7) is 4.22. The van der Waals surface area contributed by atoms with Crippen LogP contribution in [-0.4, -0.2) is 53.3 Å². The van der Waals surface area contributed by atoms with E-state index in [0.29, 0.717) is 46.4 Å². The minimum Gasteiger partial charge on any atom is -0.490 e. The smallest absolute Gasteiger partial charge is 0.326 e. The van der Waals surface area contributed by atoms with Crippen molar-refractivity contribution in [2.24, 2.45) is 4.99 Å². The summed E-state index contributed by atoms with van der Waals surface area (Å²) in [4.78, 5) is 34.5. The highest BCUT2D eigenvalue weighted by atomic mass is 35.5. The van der Waals surface area contributed by atoms with Crippen molar-refractivity contribution in [1.82, 2.24) is 15.1 Å². The van der Waals surface area contributed by atoms with Gasteiger partial charge >= 0.3 is 6.03 Å². The molecule has 0 aliphatic carbocycles. The Labute approximate surface area is 236 Å². The molecular weight excluding hydrogens is 533 g/mol. The van der Waals surface area contributed by atoms with Crippen LogP contribution in [-0.2, 0) is 4.79 Å². The van der Waals surface area contributed by atoms with Crippen molar-refractivity contribution in [3.05, 3.63) is 99.8 Å². The first-order valence-electron chi connectivity index (χ1n) is 12.9. The first-order valence-corrected chi connectivity index (χ1v) is 13.3. The van der Waals surface area contributed by atoms with E-state index in [-0.39, 0.29) is 18.6 Å². The van der Waals surface area contributed by atoms with E-state index in [1.165, 1.54) is 21.9 Å². The predicted molar refractivity (Wildman–Crippen MR) is 149 cm³/mol. The second kappa shape index (κ2) is 11.4. The number of carbonyl (C=O) groups is 2. The average Bonchev–Trinajstić information content (AvgIpc) is 3.33. The number of ether oxygens (including phenoxy) is 1. The van der Waals surface area contributed by atoms with Crippen molar-refractivity contribution in [1.29, 1.82) is 5.26 Å². The zero-order valence-electron chi connectivity index (χ0n) is 22.0. The molecule has 204 valence electrons. The highest BCUT2D eigenvalue weighted by Gasteiger charge is 2.45. The topological polar surface area (TPSA) is 98.0 Å². The minimum absolute atomic E-state index is 0.118. The first kappa shape index (κ1) is 27.2. The van der Waals surface area contributed by atoms with Gasteiger partial charge in [-0.3, -0.25) is 14.7 Å². The summed E-state index contributed by atoms with van der Waals surface area (Å²) in [7, 11) is 0. The highest BCUT2D eigenvalue weighted by molar-refractivity contribution is 6.30. The zero-order valence-corrected chi connectivity index (χ0v) is 22.7. The van der Waals surface area contributed by atoms with Gasteiger partial charge in [-0.15, -0.1) is 0 Å². The number of nitriles is 1. The predicted octanol–water partition coefficient (Wildman–Crippen LogP) is 5.23. The van der Waals surface area contributed by atoms with Gasteiger partial charge in [-0.2, -0.15) is 5.26 Å². The van der Waals surface area contributed by atoms with Crippen molar-refractivity contribution in [3.8, 4) is 11.8 Å². The van der Waals surface area contributed by atoms with Crippen LogP contribution in [0.1, 0.15) is 48.2 Å². The van der Waals surface area contributed by atoms with Crippen LogP contribution in [0.5, 0.6) is 5.75 Å². The van der Waals surface area contributed by atoms with Crippen LogP contribution >= 0.6 is 11.6 Å². The lowest BCUT2D eigenvalue weighted by molar-refractivity contribution is -0.123. The Morgan fingerprint density at radius 1 is 1.15 bits per heavy atom. The molecule has 0 spiro atoms. The third kappa shape index (κ3) is 5.49. The van der Waals surface area contributed by atoms with E-state index < -0.39 is 23.9 Å². The molecule has 5 rings (SSSR count). The number of nitrogens with one attached hydrogen (secondary N) is 1. The Hall–Kier alpha value is -4.42. The largest absolute Gasteiger partial charge is 0.490 e. The van der Waals surface area contributed by atoms with Crippen molar-refractivity contribution < 1.29 is 18.7 Å². The number of urea groups is 1. The summed E-state index contributed by atoms with van der Waals surface area (Å²) in [5.74, 6) is -0.0362. The second-order valence-corrected chi connectivity index (χ2v) is 10.3. The number of carbonyl (C=O) groups excluding carboxylic acids is 2. The third-order valence-corrected chi connectivity index (χ3v) is 6.95. The van der Waals surface area contributed by atoms with Gasteiger partial charge in [-0.05, 0) is 67.4 Å². The fraction of sp³-hybridized carbons (Fsp3) is 0.267. The number of aliphatic imine (C=N–C) groups is 1. The molecule has 0 aromatic heterocycles. The average molecular weight is 560 g/mol. The Morgan fingerprint density at radius 3 is 2.60 bits per heavy atom. The molecule has 0 saturated carbocycles. The standard InChI is InChI=1S/C30H27ClFN5O3/c1-18(2)40-25-14-19(16-33)6-11-24(25)29-35-27(20-7-9-22(31)10-8-20)28(21-4-3-5-23(32)15-21)37(29)30(39)36-13-12-34-26(38)17-36/h3-11,14-15,18,27-28H,12-13,17H2,1-2H3,(H,34,38)/t27-,28+/m0/s1. The molecule has 3 aromatic carbocycles. The van der Waals surface area contributed by atoms with E-state index in [2.05, 4.69) is 11.4 Å². The molecule has 2 aliphatic rings. The molecule has 3 aromatic rings. The highest BCUT2D eigenvalue weighted by Crippen LogP contribution is 2.45. The molecule has 0 unspecified atom stereocenters. The van der Waals surface area contributed by atoms with Gasteiger partial charge in [0.05, 0.1) is 29.3 Å². The Kier molecular flexibility index (Phi) is 7.71. The molecule has 8 nitrogen and oxygen atoms in total. The van der Waals surface area contributed by atoms with Crippen LogP contribution < -0.4 is 10.1 Å². The summed E-state index contributed by atoms with van der Waals surface area (Å²) >= 11 is 6.17. The van der Waals surface area contributed by atoms with E-state index in [9.17, 15) is 19.2 Å². The van der Waals surface area contributed by atoms with Crippen LogP contribution in [0.2, 0.25) is 5.02 Å². The number of hydrogen-bond donors (Lipinski definition) is 1. The van der Waals surface area contributed by atoms with Crippen LogP contribution in [0.25, 0.3) is 0 Å². The molecule has 1 fully saturated rings. The number of amidine groups is 1. The third-order valence-electron chi connectivity index (χ3n) is 6.70. The van der Waals surface area contributed by atoms with Gasteiger partial charge in [0, 0.05) is 18.1 Å². The van der Waals surface area contributed by atoms with Gasteiger partial charge in [0.25, 0.3) is 0 Å². The van der Waals surface area contributed by atoms with Gasteiger partial charge < -0.3 is 15.0 Å². The molecule has 10 heteroatoms. The van der Waals surface area contributed by atoms with Gasteiger partial charge in [-0.25, -0.2) is 9.18 Å². The number of halogens is 2. The maximum atomic E-state index is 14.6. The molecular formula is C30H27ClFN5O3. The lowest BCUT2D eigenvalue weighted by Crippen LogP contribution is -2.55. The number of rotatable bonds is 5.